The van der Waals surface area contributed by atoms with Gasteiger partial charge < -0.3 is 15.7 Å². The molecule has 0 saturated carbocycles. The summed E-state index contributed by atoms with van der Waals surface area (Å²) in [6.07, 6.45) is 1.93. The summed E-state index contributed by atoms with van der Waals surface area (Å²) < 4.78 is 0. The molecule has 3 nitrogen and oxygen atoms in total. The summed E-state index contributed by atoms with van der Waals surface area (Å²) in [7, 11) is 0. The predicted octanol–water partition coefficient (Wildman–Crippen LogP) is 1.32. The molecule has 0 atom stereocenters. The maximum Gasteiger partial charge on any atom is 0.0447 e. The van der Waals surface area contributed by atoms with Gasteiger partial charge in [-0.3, -0.25) is 0 Å². The van der Waals surface area contributed by atoms with E-state index in [4.69, 9.17) is 10.8 Å². The van der Waals surface area contributed by atoms with Crippen LogP contribution in [-0.4, -0.2) is 24.8 Å². The first-order valence-corrected chi connectivity index (χ1v) is 5.47. The van der Waals surface area contributed by atoms with E-state index < -0.39 is 0 Å². The zero-order valence-corrected chi connectivity index (χ0v) is 9.16. The van der Waals surface area contributed by atoms with Crippen molar-refractivity contribution in [1.82, 2.24) is 0 Å². The van der Waals surface area contributed by atoms with Crippen LogP contribution in [0.1, 0.15) is 17.5 Å². The Kier molecular flexibility index (Phi) is 2.82. The fourth-order valence-corrected chi connectivity index (χ4v) is 2.14. The molecule has 0 fully saturated rings. The Morgan fingerprint density at radius 2 is 2.27 bits per heavy atom. The molecule has 1 aliphatic rings. The standard InChI is InChI=1S/C12H18N2O/c1-9-7-10-3-5-14(4-2-6-15)12(10)8-11(9)13/h7-8,15H,2-6,13H2,1H3. The fraction of sp³-hybridized carbons (Fsp3) is 0.500. The normalized spacial score (nSPS) is 14.4. The summed E-state index contributed by atoms with van der Waals surface area (Å²) in [4.78, 5) is 2.31. The first kappa shape index (κ1) is 10.3. The average molecular weight is 206 g/mol. The molecule has 0 saturated heterocycles. The van der Waals surface area contributed by atoms with Crippen molar-refractivity contribution in [2.75, 3.05) is 30.3 Å². The minimum Gasteiger partial charge on any atom is -0.398 e. The Bertz CT molecular complexity index is 363. The number of nitrogen functional groups attached to an aromatic ring is 1. The van der Waals surface area contributed by atoms with Gasteiger partial charge in [0.05, 0.1) is 0 Å². The second-order valence-electron chi connectivity index (χ2n) is 4.15. The Hall–Kier alpha value is -1.22. The van der Waals surface area contributed by atoms with Gasteiger partial charge in [0.2, 0.25) is 0 Å². The quantitative estimate of drug-likeness (QED) is 0.733. The van der Waals surface area contributed by atoms with Gasteiger partial charge in [-0.25, -0.2) is 0 Å². The lowest BCUT2D eigenvalue weighted by Gasteiger charge is -2.19. The highest BCUT2D eigenvalue weighted by Crippen LogP contribution is 2.31. The topological polar surface area (TPSA) is 49.5 Å². The number of rotatable bonds is 3. The van der Waals surface area contributed by atoms with Gasteiger partial charge in [0.25, 0.3) is 0 Å². The molecular formula is C12H18N2O. The minimum atomic E-state index is 0.257. The van der Waals surface area contributed by atoms with Crippen molar-refractivity contribution < 1.29 is 5.11 Å². The summed E-state index contributed by atoms with van der Waals surface area (Å²) >= 11 is 0. The van der Waals surface area contributed by atoms with E-state index in [0.717, 1.165) is 37.2 Å². The summed E-state index contributed by atoms with van der Waals surface area (Å²) in [5.74, 6) is 0. The highest BCUT2D eigenvalue weighted by atomic mass is 16.3. The number of anilines is 2. The molecule has 1 aromatic rings. The Balaban J connectivity index is 2.22. The van der Waals surface area contributed by atoms with Gasteiger partial charge in [-0.05, 0) is 37.0 Å². The molecule has 15 heavy (non-hydrogen) atoms. The van der Waals surface area contributed by atoms with Crippen LogP contribution < -0.4 is 10.6 Å². The lowest BCUT2D eigenvalue weighted by Crippen LogP contribution is -2.22. The van der Waals surface area contributed by atoms with Crippen LogP contribution in [0.4, 0.5) is 11.4 Å². The largest absolute Gasteiger partial charge is 0.398 e. The van der Waals surface area contributed by atoms with Crippen LogP contribution in [0.25, 0.3) is 0 Å². The molecule has 0 aromatic heterocycles. The monoisotopic (exact) mass is 206 g/mol. The molecule has 0 aliphatic carbocycles. The van der Waals surface area contributed by atoms with Crippen LogP contribution in [0.3, 0.4) is 0 Å². The van der Waals surface area contributed by atoms with Crippen molar-refractivity contribution in [3.63, 3.8) is 0 Å². The van der Waals surface area contributed by atoms with Crippen molar-refractivity contribution in [1.29, 1.82) is 0 Å². The number of nitrogens with zero attached hydrogens (tertiary/aromatic N) is 1. The number of nitrogens with two attached hydrogens (primary N) is 1. The van der Waals surface area contributed by atoms with Gasteiger partial charge in [-0.2, -0.15) is 0 Å². The highest BCUT2D eigenvalue weighted by Gasteiger charge is 2.19. The Labute approximate surface area is 90.5 Å². The molecule has 1 heterocycles. The van der Waals surface area contributed by atoms with E-state index in [-0.39, 0.29) is 6.61 Å². The zero-order chi connectivity index (χ0) is 10.8. The zero-order valence-electron chi connectivity index (χ0n) is 9.16. The van der Waals surface area contributed by atoms with E-state index in [1.165, 1.54) is 11.3 Å². The van der Waals surface area contributed by atoms with E-state index >= 15 is 0 Å². The van der Waals surface area contributed by atoms with Crippen molar-refractivity contribution in [2.45, 2.75) is 19.8 Å². The number of aryl methyl sites for hydroxylation is 1. The number of benzene rings is 1. The average Bonchev–Trinajstić information content (AvgIpc) is 2.59. The Morgan fingerprint density at radius 3 is 3.00 bits per heavy atom. The molecule has 0 radical (unpaired) electrons. The number of hydrogen-bond acceptors (Lipinski definition) is 3. The number of fused-ring (bicyclic) bond motifs is 1. The van der Waals surface area contributed by atoms with Gasteiger partial charge in [0.1, 0.15) is 0 Å². The molecular weight excluding hydrogens is 188 g/mol. The summed E-state index contributed by atoms with van der Waals surface area (Å²) in [5.41, 5.74) is 10.6. The van der Waals surface area contributed by atoms with Crippen molar-refractivity contribution in [2.24, 2.45) is 0 Å². The van der Waals surface area contributed by atoms with Crippen LogP contribution in [0.2, 0.25) is 0 Å². The fourth-order valence-electron chi connectivity index (χ4n) is 2.14. The van der Waals surface area contributed by atoms with Crippen LogP contribution in [-0.2, 0) is 6.42 Å². The summed E-state index contributed by atoms with van der Waals surface area (Å²) in [6, 6.07) is 4.25. The van der Waals surface area contributed by atoms with Crippen LogP contribution in [0.15, 0.2) is 12.1 Å². The lowest BCUT2D eigenvalue weighted by atomic mass is 10.1. The molecule has 3 N–H and O–H groups in total. The van der Waals surface area contributed by atoms with Crippen molar-refractivity contribution in [3.05, 3.63) is 23.3 Å². The first-order chi connectivity index (χ1) is 7.22. The number of aliphatic hydroxyl groups is 1. The minimum absolute atomic E-state index is 0.257. The van der Waals surface area contributed by atoms with Crippen LogP contribution in [0.5, 0.6) is 0 Å². The summed E-state index contributed by atoms with van der Waals surface area (Å²) in [6.45, 7) is 4.28. The number of aliphatic hydroxyl groups excluding tert-OH is 1. The van der Waals surface area contributed by atoms with Crippen molar-refractivity contribution in [3.8, 4) is 0 Å². The molecule has 0 bridgehead atoms. The van der Waals surface area contributed by atoms with Gasteiger partial charge in [0, 0.05) is 31.1 Å². The van der Waals surface area contributed by atoms with E-state index in [0.29, 0.717) is 0 Å². The molecule has 82 valence electrons. The third-order valence-electron chi connectivity index (χ3n) is 3.05. The molecule has 0 unspecified atom stereocenters. The van der Waals surface area contributed by atoms with Gasteiger partial charge >= 0.3 is 0 Å². The molecule has 0 amide bonds. The third kappa shape index (κ3) is 1.92. The molecule has 1 aliphatic heterocycles. The molecule has 3 heteroatoms. The number of hydrogen-bond donors (Lipinski definition) is 2. The molecule has 1 aromatic carbocycles. The maximum absolute atomic E-state index is 8.82. The molecule has 0 spiro atoms. The maximum atomic E-state index is 8.82. The predicted molar refractivity (Wildman–Crippen MR) is 63.2 cm³/mol. The lowest BCUT2D eigenvalue weighted by molar-refractivity contribution is 0.290. The first-order valence-electron chi connectivity index (χ1n) is 5.47. The Morgan fingerprint density at radius 1 is 1.47 bits per heavy atom. The second kappa shape index (κ2) is 4.11. The van der Waals surface area contributed by atoms with Gasteiger partial charge in [0.15, 0.2) is 0 Å². The highest BCUT2D eigenvalue weighted by molar-refractivity contribution is 5.67. The van der Waals surface area contributed by atoms with E-state index in [1.54, 1.807) is 0 Å². The summed E-state index contributed by atoms with van der Waals surface area (Å²) in [5, 5.41) is 8.82. The van der Waals surface area contributed by atoms with E-state index in [2.05, 4.69) is 17.0 Å². The van der Waals surface area contributed by atoms with Crippen LogP contribution in [0, 0.1) is 6.92 Å². The third-order valence-corrected chi connectivity index (χ3v) is 3.05. The van der Waals surface area contributed by atoms with E-state index in [1.807, 2.05) is 6.92 Å². The van der Waals surface area contributed by atoms with Crippen molar-refractivity contribution >= 4 is 11.4 Å². The van der Waals surface area contributed by atoms with Crippen LogP contribution >= 0.6 is 0 Å². The van der Waals surface area contributed by atoms with E-state index in [9.17, 15) is 0 Å². The molecule has 2 rings (SSSR count). The smallest absolute Gasteiger partial charge is 0.0447 e. The van der Waals surface area contributed by atoms with Gasteiger partial charge in [-0.15, -0.1) is 0 Å². The second-order valence-corrected chi connectivity index (χ2v) is 4.15. The SMILES string of the molecule is Cc1cc2c(cc1N)N(CCCO)CC2. The van der Waals surface area contributed by atoms with Gasteiger partial charge in [-0.1, -0.05) is 6.07 Å².